The van der Waals surface area contributed by atoms with Crippen molar-refractivity contribution in [3.8, 4) is 0 Å². The van der Waals surface area contributed by atoms with Crippen molar-refractivity contribution in [1.82, 2.24) is 4.98 Å². The van der Waals surface area contributed by atoms with Crippen LogP contribution in [0.4, 0.5) is 0 Å². The summed E-state index contributed by atoms with van der Waals surface area (Å²) in [6.07, 6.45) is 7.10. The van der Waals surface area contributed by atoms with Crippen LogP contribution in [0.25, 0.3) is 0 Å². The van der Waals surface area contributed by atoms with Crippen molar-refractivity contribution in [2.24, 2.45) is 5.92 Å². The third-order valence-corrected chi connectivity index (χ3v) is 3.72. The zero-order chi connectivity index (χ0) is 12.3. The van der Waals surface area contributed by atoms with Gasteiger partial charge < -0.3 is 0 Å². The van der Waals surface area contributed by atoms with Crippen LogP contribution in [0.1, 0.15) is 60.3 Å². The van der Waals surface area contributed by atoms with Gasteiger partial charge in [-0.3, -0.25) is 9.78 Å². The number of aryl methyl sites for hydroxylation is 2. The molecule has 0 saturated heterocycles. The van der Waals surface area contributed by atoms with Gasteiger partial charge in [-0.25, -0.2) is 0 Å². The summed E-state index contributed by atoms with van der Waals surface area (Å²) in [6.45, 7) is 3.89. The maximum atomic E-state index is 12.2. The Morgan fingerprint density at radius 2 is 1.94 bits per heavy atom. The molecule has 1 aliphatic carbocycles. The van der Waals surface area contributed by atoms with Crippen LogP contribution in [0.2, 0.25) is 0 Å². The zero-order valence-electron chi connectivity index (χ0n) is 10.8. The molecule has 1 aromatic rings. The zero-order valence-corrected chi connectivity index (χ0v) is 10.8. The Hall–Kier alpha value is -1.18. The van der Waals surface area contributed by atoms with Gasteiger partial charge in [0.05, 0.1) is 0 Å². The average molecular weight is 231 g/mol. The average Bonchev–Trinajstić information content (AvgIpc) is 2.30. The summed E-state index contributed by atoms with van der Waals surface area (Å²) in [7, 11) is 0. The molecular weight excluding hydrogens is 210 g/mol. The van der Waals surface area contributed by atoms with Crippen molar-refractivity contribution in [1.29, 1.82) is 0 Å². The molecule has 0 aliphatic heterocycles. The smallest absolute Gasteiger partial charge is 0.164 e. The minimum atomic E-state index is 0.280. The highest BCUT2D eigenvalue weighted by Crippen LogP contribution is 2.27. The van der Waals surface area contributed by atoms with Gasteiger partial charge in [0.2, 0.25) is 0 Å². The first kappa shape index (κ1) is 12.3. The second kappa shape index (κ2) is 5.44. The highest BCUT2D eigenvalue weighted by Gasteiger charge is 2.19. The number of pyridine rings is 1. The molecule has 1 aliphatic rings. The highest BCUT2D eigenvalue weighted by atomic mass is 16.1. The van der Waals surface area contributed by atoms with Gasteiger partial charge in [0.1, 0.15) is 0 Å². The van der Waals surface area contributed by atoms with Crippen LogP contribution in [0.3, 0.4) is 0 Å². The maximum Gasteiger partial charge on any atom is 0.164 e. The highest BCUT2D eigenvalue weighted by molar-refractivity contribution is 5.97. The molecule has 92 valence electrons. The Balaban J connectivity index is 2.03. The molecule has 1 fully saturated rings. The van der Waals surface area contributed by atoms with Crippen molar-refractivity contribution >= 4 is 5.78 Å². The summed E-state index contributed by atoms with van der Waals surface area (Å²) in [5, 5.41) is 0. The first-order valence-electron chi connectivity index (χ1n) is 6.64. The summed E-state index contributed by atoms with van der Waals surface area (Å²) < 4.78 is 0. The van der Waals surface area contributed by atoms with Crippen LogP contribution in [0.5, 0.6) is 0 Å². The number of rotatable bonds is 3. The number of carbonyl (C=O) groups excluding carboxylic acids is 1. The normalized spacial score (nSPS) is 17.1. The van der Waals surface area contributed by atoms with Gasteiger partial charge in [0.25, 0.3) is 0 Å². The number of aromatic nitrogens is 1. The van der Waals surface area contributed by atoms with Crippen LogP contribution in [-0.4, -0.2) is 10.8 Å². The summed E-state index contributed by atoms with van der Waals surface area (Å²) >= 11 is 0. The van der Waals surface area contributed by atoms with Gasteiger partial charge in [-0.15, -0.1) is 0 Å². The lowest BCUT2D eigenvalue weighted by molar-refractivity contribution is 0.0949. The Bertz CT molecular complexity index is 405. The fourth-order valence-electron chi connectivity index (χ4n) is 2.74. The predicted octanol–water partition coefficient (Wildman–Crippen LogP) is 3.85. The first-order chi connectivity index (χ1) is 8.16. The van der Waals surface area contributed by atoms with E-state index in [2.05, 4.69) is 4.98 Å². The van der Waals surface area contributed by atoms with Crippen molar-refractivity contribution in [3.05, 3.63) is 29.1 Å². The lowest BCUT2D eigenvalue weighted by Gasteiger charge is -2.20. The Labute approximate surface area is 103 Å². The summed E-state index contributed by atoms with van der Waals surface area (Å²) in [6, 6.07) is 3.87. The topological polar surface area (TPSA) is 30.0 Å². The molecule has 2 heteroatoms. The lowest BCUT2D eigenvalue weighted by Crippen LogP contribution is -2.13. The van der Waals surface area contributed by atoms with Crippen LogP contribution in [-0.2, 0) is 0 Å². The molecule has 1 heterocycles. The molecule has 1 aromatic heterocycles. The fraction of sp³-hybridized carbons (Fsp3) is 0.600. The number of Topliss-reactive ketones (excluding diaryl/α,β-unsaturated/α-hetero) is 1. The number of hydrogen-bond donors (Lipinski definition) is 0. The van der Waals surface area contributed by atoms with E-state index in [9.17, 15) is 4.79 Å². The monoisotopic (exact) mass is 231 g/mol. The summed E-state index contributed by atoms with van der Waals surface area (Å²) in [5.41, 5.74) is 2.68. The number of hydrogen-bond acceptors (Lipinski definition) is 2. The molecule has 0 atom stereocenters. The Kier molecular flexibility index (Phi) is 3.93. The fourth-order valence-corrected chi connectivity index (χ4v) is 2.74. The predicted molar refractivity (Wildman–Crippen MR) is 69.2 cm³/mol. The Morgan fingerprint density at radius 1 is 1.24 bits per heavy atom. The molecule has 2 nitrogen and oxygen atoms in total. The van der Waals surface area contributed by atoms with Crippen LogP contribution in [0.15, 0.2) is 12.1 Å². The van der Waals surface area contributed by atoms with E-state index < -0.39 is 0 Å². The molecule has 0 N–H and O–H groups in total. The third kappa shape index (κ3) is 3.15. The van der Waals surface area contributed by atoms with E-state index in [0.29, 0.717) is 12.3 Å². The van der Waals surface area contributed by atoms with E-state index in [-0.39, 0.29) is 5.78 Å². The van der Waals surface area contributed by atoms with Gasteiger partial charge in [-0.2, -0.15) is 0 Å². The standard InChI is InChI=1S/C15H21NO/c1-11-8-9-14(12(2)16-11)15(17)10-13-6-4-3-5-7-13/h8-9,13H,3-7,10H2,1-2H3. The van der Waals surface area contributed by atoms with Crippen LogP contribution >= 0.6 is 0 Å². The molecular formula is C15H21NO. The quantitative estimate of drug-likeness (QED) is 0.739. The molecule has 2 rings (SSSR count). The Morgan fingerprint density at radius 3 is 2.59 bits per heavy atom. The molecule has 0 spiro atoms. The maximum absolute atomic E-state index is 12.2. The number of carbonyl (C=O) groups is 1. The molecule has 0 amide bonds. The van der Waals surface area contributed by atoms with Gasteiger partial charge in [0.15, 0.2) is 5.78 Å². The molecule has 17 heavy (non-hydrogen) atoms. The molecule has 0 aromatic carbocycles. The number of ketones is 1. The van der Waals surface area contributed by atoms with E-state index in [0.717, 1.165) is 17.0 Å². The SMILES string of the molecule is Cc1ccc(C(=O)CC2CCCCC2)c(C)n1. The summed E-state index contributed by atoms with van der Waals surface area (Å²) in [5.74, 6) is 0.888. The molecule has 0 unspecified atom stereocenters. The van der Waals surface area contributed by atoms with E-state index in [1.807, 2.05) is 26.0 Å². The van der Waals surface area contributed by atoms with E-state index in [4.69, 9.17) is 0 Å². The van der Waals surface area contributed by atoms with Gasteiger partial charge in [0, 0.05) is 23.4 Å². The molecule has 0 radical (unpaired) electrons. The van der Waals surface area contributed by atoms with Crippen molar-refractivity contribution in [2.45, 2.75) is 52.4 Å². The second-order valence-corrected chi connectivity index (χ2v) is 5.22. The largest absolute Gasteiger partial charge is 0.294 e. The molecule has 1 saturated carbocycles. The van der Waals surface area contributed by atoms with Crippen LogP contribution in [0, 0.1) is 19.8 Å². The van der Waals surface area contributed by atoms with E-state index >= 15 is 0 Å². The van der Waals surface area contributed by atoms with E-state index in [1.165, 1.54) is 32.1 Å². The first-order valence-corrected chi connectivity index (χ1v) is 6.64. The van der Waals surface area contributed by atoms with E-state index in [1.54, 1.807) is 0 Å². The van der Waals surface area contributed by atoms with Crippen molar-refractivity contribution < 1.29 is 4.79 Å². The summed E-state index contributed by atoms with van der Waals surface area (Å²) in [4.78, 5) is 16.6. The third-order valence-electron chi connectivity index (χ3n) is 3.72. The number of nitrogens with zero attached hydrogens (tertiary/aromatic N) is 1. The van der Waals surface area contributed by atoms with Crippen molar-refractivity contribution in [3.63, 3.8) is 0 Å². The van der Waals surface area contributed by atoms with Crippen LogP contribution < -0.4 is 0 Å². The molecule has 0 bridgehead atoms. The van der Waals surface area contributed by atoms with Gasteiger partial charge in [-0.05, 0) is 31.9 Å². The second-order valence-electron chi connectivity index (χ2n) is 5.22. The minimum absolute atomic E-state index is 0.280. The van der Waals surface area contributed by atoms with Crippen molar-refractivity contribution in [2.75, 3.05) is 0 Å². The minimum Gasteiger partial charge on any atom is -0.294 e. The van der Waals surface area contributed by atoms with Gasteiger partial charge >= 0.3 is 0 Å². The van der Waals surface area contributed by atoms with Gasteiger partial charge in [-0.1, -0.05) is 32.1 Å². The lowest BCUT2D eigenvalue weighted by atomic mass is 9.84.